The van der Waals surface area contributed by atoms with Crippen molar-refractivity contribution in [2.45, 2.75) is 26.2 Å². The number of ether oxygens (including phenoxy) is 1. The van der Waals surface area contributed by atoms with Gasteiger partial charge in [0.05, 0.1) is 6.61 Å². The van der Waals surface area contributed by atoms with Gasteiger partial charge in [0.1, 0.15) is 0 Å². The molecule has 1 heterocycles. The second kappa shape index (κ2) is 6.65. The van der Waals surface area contributed by atoms with Gasteiger partial charge in [0.2, 0.25) is 0 Å². The third-order valence-corrected chi connectivity index (χ3v) is 2.43. The number of rotatable bonds is 4. The molecule has 0 bridgehead atoms. The first-order chi connectivity index (χ1) is 6.83. The number of carbonyl (C=O) groups excluding carboxylic acids is 1. The molecule has 1 aliphatic heterocycles. The van der Waals surface area contributed by atoms with Crippen LogP contribution >= 0.6 is 0 Å². The lowest BCUT2D eigenvalue weighted by Crippen LogP contribution is -2.32. The molecule has 0 saturated carbocycles. The topological polar surface area (TPSA) is 50.4 Å². The summed E-state index contributed by atoms with van der Waals surface area (Å²) >= 11 is 0. The molecule has 0 aliphatic carbocycles. The van der Waals surface area contributed by atoms with Gasteiger partial charge in [-0.2, -0.15) is 0 Å². The lowest BCUT2D eigenvalue weighted by atomic mass is 9.99. The fourth-order valence-corrected chi connectivity index (χ4v) is 1.52. The second-order valence-corrected chi connectivity index (χ2v) is 3.72. The molecule has 1 fully saturated rings. The number of piperidine rings is 1. The minimum atomic E-state index is -0.273. The van der Waals surface area contributed by atoms with E-state index in [0.717, 1.165) is 32.4 Å². The molecule has 4 nitrogen and oxygen atoms in total. The molecular formula is C10H20N2O2. The zero-order valence-corrected chi connectivity index (χ0v) is 8.84. The third-order valence-electron chi connectivity index (χ3n) is 2.43. The molecule has 1 aliphatic rings. The predicted molar refractivity (Wildman–Crippen MR) is 55.2 cm³/mol. The molecule has 0 aromatic carbocycles. The van der Waals surface area contributed by atoms with E-state index in [-0.39, 0.29) is 6.09 Å². The van der Waals surface area contributed by atoms with Gasteiger partial charge in [0.15, 0.2) is 0 Å². The average Bonchev–Trinajstić information content (AvgIpc) is 2.25. The van der Waals surface area contributed by atoms with E-state index in [0.29, 0.717) is 19.1 Å². The largest absolute Gasteiger partial charge is 0.449 e. The van der Waals surface area contributed by atoms with E-state index in [1.165, 1.54) is 0 Å². The maximum absolute atomic E-state index is 11.1. The Labute approximate surface area is 85.4 Å². The standard InChI is InChI=1S/C10H20N2O2/c1-2-5-12-10(13)14-8-9-3-6-11-7-4-9/h9,11H,2-8H2,1H3,(H,12,13). The van der Waals surface area contributed by atoms with Gasteiger partial charge in [0, 0.05) is 6.54 Å². The van der Waals surface area contributed by atoms with Gasteiger partial charge in [-0.05, 0) is 38.3 Å². The van der Waals surface area contributed by atoms with Gasteiger partial charge in [-0.15, -0.1) is 0 Å². The number of amides is 1. The average molecular weight is 200 g/mol. The molecule has 1 rings (SSSR count). The Morgan fingerprint density at radius 3 is 2.86 bits per heavy atom. The zero-order valence-electron chi connectivity index (χ0n) is 8.84. The van der Waals surface area contributed by atoms with Crippen LogP contribution in [-0.4, -0.2) is 32.3 Å². The maximum atomic E-state index is 11.1. The van der Waals surface area contributed by atoms with Crippen molar-refractivity contribution in [3.63, 3.8) is 0 Å². The summed E-state index contributed by atoms with van der Waals surface area (Å²) in [4.78, 5) is 11.1. The van der Waals surface area contributed by atoms with E-state index in [4.69, 9.17) is 4.74 Å². The van der Waals surface area contributed by atoms with Crippen LogP contribution in [0.15, 0.2) is 0 Å². The van der Waals surface area contributed by atoms with Crippen molar-refractivity contribution in [1.82, 2.24) is 10.6 Å². The van der Waals surface area contributed by atoms with Crippen LogP contribution in [0.2, 0.25) is 0 Å². The molecule has 0 unspecified atom stereocenters. The monoisotopic (exact) mass is 200 g/mol. The molecule has 0 spiro atoms. The van der Waals surface area contributed by atoms with E-state index in [2.05, 4.69) is 10.6 Å². The van der Waals surface area contributed by atoms with E-state index < -0.39 is 0 Å². The Bertz CT molecular complexity index is 168. The highest BCUT2D eigenvalue weighted by molar-refractivity contribution is 5.66. The second-order valence-electron chi connectivity index (χ2n) is 3.72. The van der Waals surface area contributed by atoms with Crippen molar-refractivity contribution in [3.05, 3.63) is 0 Å². The first-order valence-corrected chi connectivity index (χ1v) is 5.44. The van der Waals surface area contributed by atoms with Gasteiger partial charge < -0.3 is 15.4 Å². The lowest BCUT2D eigenvalue weighted by Gasteiger charge is -2.22. The van der Waals surface area contributed by atoms with Crippen LogP contribution in [0.1, 0.15) is 26.2 Å². The molecule has 1 saturated heterocycles. The van der Waals surface area contributed by atoms with E-state index in [1.54, 1.807) is 0 Å². The number of alkyl carbamates (subject to hydrolysis) is 1. The van der Waals surface area contributed by atoms with Crippen molar-refractivity contribution < 1.29 is 9.53 Å². The van der Waals surface area contributed by atoms with Gasteiger partial charge in [-0.3, -0.25) is 0 Å². The van der Waals surface area contributed by atoms with E-state index in [1.807, 2.05) is 6.92 Å². The van der Waals surface area contributed by atoms with Crippen LogP contribution in [0.25, 0.3) is 0 Å². The van der Waals surface area contributed by atoms with Crippen LogP contribution < -0.4 is 10.6 Å². The van der Waals surface area contributed by atoms with Crippen LogP contribution in [0.5, 0.6) is 0 Å². The Morgan fingerprint density at radius 1 is 1.50 bits per heavy atom. The van der Waals surface area contributed by atoms with Crippen molar-refractivity contribution in [2.24, 2.45) is 5.92 Å². The number of hydrogen-bond donors (Lipinski definition) is 2. The minimum Gasteiger partial charge on any atom is -0.449 e. The SMILES string of the molecule is CCCNC(=O)OCC1CCNCC1. The van der Waals surface area contributed by atoms with E-state index >= 15 is 0 Å². The molecule has 0 atom stereocenters. The summed E-state index contributed by atoms with van der Waals surface area (Å²) in [7, 11) is 0. The summed E-state index contributed by atoms with van der Waals surface area (Å²) < 4.78 is 5.11. The molecule has 4 heteroatoms. The van der Waals surface area contributed by atoms with Crippen LogP contribution in [0.4, 0.5) is 4.79 Å². The van der Waals surface area contributed by atoms with Crippen LogP contribution in [0, 0.1) is 5.92 Å². The van der Waals surface area contributed by atoms with Crippen molar-refractivity contribution in [2.75, 3.05) is 26.2 Å². The van der Waals surface area contributed by atoms with Crippen molar-refractivity contribution in [1.29, 1.82) is 0 Å². The van der Waals surface area contributed by atoms with Gasteiger partial charge in [-0.25, -0.2) is 4.79 Å². The molecule has 0 radical (unpaired) electrons. The quantitative estimate of drug-likeness (QED) is 0.715. The van der Waals surface area contributed by atoms with Gasteiger partial charge in [-0.1, -0.05) is 6.92 Å². The summed E-state index contributed by atoms with van der Waals surface area (Å²) in [5, 5.41) is 5.98. The highest BCUT2D eigenvalue weighted by Gasteiger charge is 2.14. The maximum Gasteiger partial charge on any atom is 0.407 e. The fraction of sp³-hybridized carbons (Fsp3) is 0.900. The molecule has 0 aromatic heterocycles. The lowest BCUT2D eigenvalue weighted by molar-refractivity contribution is 0.118. The summed E-state index contributed by atoms with van der Waals surface area (Å²) in [6, 6.07) is 0. The van der Waals surface area contributed by atoms with Gasteiger partial charge in [0.25, 0.3) is 0 Å². The number of hydrogen-bond acceptors (Lipinski definition) is 3. The van der Waals surface area contributed by atoms with Gasteiger partial charge >= 0.3 is 6.09 Å². The first-order valence-electron chi connectivity index (χ1n) is 5.44. The summed E-state index contributed by atoms with van der Waals surface area (Å²) in [5.41, 5.74) is 0. The van der Waals surface area contributed by atoms with Crippen molar-refractivity contribution >= 4 is 6.09 Å². The highest BCUT2D eigenvalue weighted by Crippen LogP contribution is 2.11. The van der Waals surface area contributed by atoms with Crippen molar-refractivity contribution in [3.8, 4) is 0 Å². The third kappa shape index (κ3) is 4.46. The zero-order chi connectivity index (χ0) is 10.2. The molecule has 0 aromatic rings. The molecule has 1 amide bonds. The summed E-state index contributed by atoms with van der Waals surface area (Å²) in [5.74, 6) is 0.545. The Morgan fingerprint density at radius 2 is 2.21 bits per heavy atom. The molecular weight excluding hydrogens is 180 g/mol. The minimum absolute atomic E-state index is 0.273. The predicted octanol–water partition coefficient (Wildman–Crippen LogP) is 1.12. The summed E-state index contributed by atoms with van der Waals surface area (Å²) in [6.45, 7) is 5.38. The number of carbonyl (C=O) groups is 1. The van der Waals surface area contributed by atoms with Crippen LogP contribution in [-0.2, 0) is 4.74 Å². The smallest absolute Gasteiger partial charge is 0.407 e. The van der Waals surface area contributed by atoms with Crippen LogP contribution in [0.3, 0.4) is 0 Å². The molecule has 82 valence electrons. The molecule has 2 N–H and O–H groups in total. The Kier molecular flexibility index (Phi) is 5.37. The first kappa shape index (κ1) is 11.3. The normalized spacial score (nSPS) is 17.8. The summed E-state index contributed by atoms with van der Waals surface area (Å²) in [6.07, 6.45) is 2.90. The Balaban J connectivity index is 2.03. The van der Waals surface area contributed by atoms with E-state index in [9.17, 15) is 4.79 Å². The number of nitrogens with one attached hydrogen (secondary N) is 2. The highest BCUT2D eigenvalue weighted by atomic mass is 16.5. The molecule has 14 heavy (non-hydrogen) atoms. The fourth-order valence-electron chi connectivity index (χ4n) is 1.52. The Hall–Kier alpha value is -0.770.